The van der Waals surface area contributed by atoms with E-state index in [4.69, 9.17) is 0 Å². The van der Waals surface area contributed by atoms with Crippen LogP contribution in [0.2, 0.25) is 0 Å². The van der Waals surface area contributed by atoms with Crippen LogP contribution in [0.4, 0.5) is 4.39 Å². The number of nitrogens with zero attached hydrogens (tertiary/aromatic N) is 1. The molecule has 0 spiro atoms. The van der Waals surface area contributed by atoms with Crippen molar-refractivity contribution in [2.24, 2.45) is 0 Å². The molecule has 0 saturated heterocycles. The lowest BCUT2D eigenvalue weighted by Crippen LogP contribution is -2.33. The second-order valence-corrected chi connectivity index (χ2v) is 8.15. The van der Waals surface area contributed by atoms with Crippen LogP contribution in [-0.4, -0.2) is 25.8 Å². The molecule has 1 atom stereocenters. The van der Waals surface area contributed by atoms with E-state index >= 15 is 0 Å². The van der Waals surface area contributed by atoms with E-state index in [-0.39, 0.29) is 23.9 Å². The summed E-state index contributed by atoms with van der Waals surface area (Å²) in [6.45, 7) is 8.78. The predicted molar refractivity (Wildman–Crippen MR) is 104 cm³/mol. The SMILES string of the molecule is C=CC(CCN(CC(=C)F)S(=O)(=O)c1ccc(C)cc1)c1ccccc1. The molecule has 1 unspecified atom stereocenters. The van der Waals surface area contributed by atoms with Gasteiger partial charge in [-0.3, -0.25) is 0 Å². The Morgan fingerprint density at radius 3 is 2.31 bits per heavy atom. The fourth-order valence-electron chi connectivity index (χ4n) is 2.74. The summed E-state index contributed by atoms with van der Waals surface area (Å²) in [6.07, 6.45) is 2.29. The molecule has 3 nitrogen and oxygen atoms in total. The molecule has 5 heteroatoms. The molecule has 0 bridgehead atoms. The second-order valence-electron chi connectivity index (χ2n) is 6.21. The highest BCUT2D eigenvalue weighted by molar-refractivity contribution is 7.89. The first-order chi connectivity index (χ1) is 12.3. The van der Waals surface area contributed by atoms with E-state index in [1.54, 1.807) is 30.3 Å². The molecular formula is C21H24FNO2S. The summed E-state index contributed by atoms with van der Waals surface area (Å²) in [6, 6.07) is 16.3. The van der Waals surface area contributed by atoms with Crippen molar-refractivity contribution in [3.05, 3.63) is 90.8 Å². The molecule has 0 aliphatic rings. The minimum atomic E-state index is -3.80. The van der Waals surface area contributed by atoms with Crippen molar-refractivity contribution in [3.63, 3.8) is 0 Å². The maximum absolute atomic E-state index is 13.5. The van der Waals surface area contributed by atoms with Crippen LogP contribution in [0.1, 0.15) is 23.5 Å². The van der Waals surface area contributed by atoms with E-state index in [1.807, 2.05) is 37.3 Å². The summed E-state index contributed by atoms with van der Waals surface area (Å²) >= 11 is 0. The summed E-state index contributed by atoms with van der Waals surface area (Å²) < 4.78 is 40.4. The molecule has 2 rings (SSSR count). The van der Waals surface area contributed by atoms with Gasteiger partial charge >= 0.3 is 0 Å². The lowest BCUT2D eigenvalue weighted by molar-refractivity contribution is 0.394. The first-order valence-corrected chi connectivity index (χ1v) is 9.86. The fraction of sp³-hybridized carbons (Fsp3) is 0.238. The minimum absolute atomic E-state index is 0.0141. The van der Waals surface area contributed by atoms with Crippen LogP contribution in [0.3, 0.4) is 0 Å². The normalized spacial score (nSPS) is 12.7. The van der Waals surface area contributed by atoms with Crippen LogP contribution in [-0.2, 0) is 10.0 Å². The maximum Gasteiger partial charge on any atom is 0.243 e. The maximum atomic E-state index is 13.5. The molecule has 26 heavy (non-hydrogen) atoms. The number of sulfonamides is 1. The number of allylic oxidation sites excluding steroid dienone is 1. The third kappa shape index (κ3) is 5.13. The molecule has 0 radical (unpaired) electrons. The zero-order valence-corrected chi connectivity index (χ0v) is 15.8. The molecule has 138 valence electrons. The van der Waals surface area contributed by atoms with Crippen molar-refractivity contribution in [3.8, 4) is 0 Å². The van der Waals surface area contributed by atoms with Crippen LogP contribution in [0.5, 0.6) is 0 Å². The van der Waals surface area contributed by atoms with Gasteiger partial charge in [0.2, 0.25) is 10.0 Å². The summed E-state index contributed by atoms with van der Waals surface area (Å²) in [4.78, 5) is 0.152. The fourth-order valence-corrected chi connectivity index (χ4v) is 4.17. The number of benzene rings is 2. The zero-order chi connectivity index (χ0) is 19.2. The summed E-state index contributed by atoms with van der Waals surface area (Å²) in [5, 5.41) is 0. The third-order valence-electron chi connectivity index (χ3n) is 4.21. The molecule has 0 heterocycles. The molecule has 2 aromatic rings. The Balaban J connectivity index is 2.22. The number of aryl methyl sites for hydroxylation is 1. The minimum Gasteiger partial charge on any atom is -0.211 e. The molecule has 0 aliphatic carbocycles. The Hall–Kier alpha value is -2.24. The van der Waals surface area contributed by atoms with Gasteiger partial charge in [0, 0.05) is 12.5 Å². The molecule has 0 amide bonds. The van der Waals surface area contributed by atoms with Gasteiger partial charge in [0.1, 0.15) is 5.83 Å². The molecule has 0 N–H and O–H groups in total. The van der Waals surface area contributed by atoms with Gasteiger partial charge in [0.15, 0.2) is 0 Å². The Morgan fingerprint density at radius 1 is 1.15 bits per heavy atom. The Labute approximate surface area is 155 Å². The largest absolute Gasteiger partial charge is 0.243 e. The van der Waals surface area contributed by atoms with Crippen LogP contribution in [0, 0.1) is 6.92 Å². The first-order valence-electron chi connectivity index (χ1n) is 8.42. The highest BCUT2D eigenvalue weighted by Crippen LogP contribution is 2.24. The molecule has 0 aliphatic heterocycles. The third-order valence-corrected chi connectivity index (χ3v) is 6.07. The Morgan fingerprint density at radius 2 is 1.77 bits per heavy atom. The number of halogens is 1. The van der Waals surface area contributed by atoms with Gasteiger partial charge in [-0.15, -0.1) is 6.58 Å². The summed E-state index contributed by atoms with van der Waals surface area (Å²) in [5.74, 6) is -0.699. The van der Waals surface area contributed by atoms with Crippen LogP contribution in [0.15, 0.2) is 84.6 Å². The topological polar surface area (TPSA) is 37.4 Å². The van der Waals surface area contributed by atoms with Crippen molar-refractivity contribution >= 4 is 10.0 Å². The monoisotopic (exact) mass is 373 g/mol. The van der Waals surface area contributed by atoms with Crippen LogP contribution in [0.25, 0.3) is 0 Å². The second kappa shape index (κ2) is 8.92. The van der Waals surface area contributed by atoms with Gasteiger partial charge in [-0.25, -0.2) is 12.8 Å². The van der Waals surface area contributed by atoms with Crippen molar-refractivity contribution in [1.29, 1.82) is 0 Å². The highest BCUT2D eigenvalue weighted by atomic mass is 32.2. The zero-order valence-electron chi connectivity index (χ0n) is 14.9. The van der Waals surface area contributed by atoms with Gasteiger partial charge in [-0.05, 0) is 31.0 Å². The van der Waals surface area contributed by atoms with Gasteiger partial charge in [-0.2, -0.15) is 4.31 Å². The van der Waals surface area contributed by atoms with Crippen molar-refractivity contribution in [1.82, 2.24) is 4.31 Å². The number of hydrogen-bond donors (Lipinski definition) is 0. The molecular weight excluding hydrogens is 349 g/mol. The molecule has 0 saturated carbocycles. The van der Waals surface area contributed by atoms with Crippen molar-refractivity contribution in [2.75, 3.05) is 13.1 Å². The Bertz CT molecular complexity index is 845. The van der Waals surface area contributed by atoms with Gasteiger partial charge in [0.25, 0.3) is 0 Å². The van der Waals surface area contributed by atoms with Gasteiger partial charge < -0.3 is 0 Å². The van der Waals surface area contributed by atoms with E-state index in [1.165, 1.54) is 0 Å². The lowest BCUT2D eigenvalue weighted by Gasteiger charge is -2.23. The summed E-state index contributed by atoms with van der Waals surface area (Å²) in [5.41, 5.74) is 2.01. The molecule has 0 aromatic heterocycles. The van der Waals surface area contributed by atoms with Crippen molar-refractivity contribution < 1.29 is 12.8 Å². The van der Waals surface area contributed by atoms with E-state index < -0.39 is 15.9 Å². The van der Waals surface area contributed by atoms with Gasteiger partial charge in [-0.1, -0.05) is 60.7 Å². The van der Waals surface area contributed by atoms with Crippen molar-refractivity contribution in [2.45, 2.75) is 24.2 Å². The quantitative estimate of drug-likeness (QED) is 0.591. The van der Waals surface area contributed by atoms with E-state index in [2.05, 4.69) is 13.2 Å². The molecule has 2 aromatic carbocycles. The molecule has 0 fully saturated rings. The van der Waals surface area contributed by atoms with Crippen LogP contribution < -0.4 is 0 Å². The van der Waals surface area contributed by atoms with E-state index in [9.17, 15) is 12.8 Å². The number of rotatable bonds is 9. The van der Waals surface area contributed by atoms with Gasteiger partial charge in [0.05, 0.1) is 11.4 Å². The highest BCUT2D eigenvalue weighted by Gasteiger charge is 2.25. The van der Waals surface area contributed by atoms with E-state index in [0.717, 1.165) is 15.4 Å². The Kier molecular flexibility index (Phi) is 6.89. The van der Waals surface area contributed by atoms with E-state index in [0.29, 0.717) is 6.42 Å². The average molecular weight is 373 g/mol. The standard InChI is InChI=1S/C21H24FNO2S/c1-4-19(20-8-6-5-7-9-20)14-15-23(16-18(3)22)26(24,25)21-12-10-17(2)11-13-21/h4-13,19H,1,3,14-16H2,2H3. The smallest absolute Gasteiger partial charge is 0.211 e. The lowest BCUT2D eigenvalue weighted by atomic mass is 9.96. The summed E-state index contributed by atoms with van der Waals surface area (Å²) in [7, 11) is -3.80. The van der Waals surface area contributed by atoms with Crippen LogP contribution >= 0.6 is 0 Å². The average Bonchev–Trinajstić information content (AvgIpc) is 2.62. The predicted octanol–water partition coefficient (Wildman–Crippen LogP) is 4.83. The first kappa shape index (κ1) is 20.1. The number of hydrogen-bond acceptors (Lipinski definition) is 2.